The number of nitrogens with zero attached hydrogens (tertiary/aromatic N) is 4. The van der Waals surface area contributed by atoms with Gasteiger partial charge in [0.15, 0.2) is 5.60 Å². The van der Waals surface area contributed by atoms with Crippen LogP contribution in [-0.4, -0.2) is 76.2 Å². The molecular formula is C26H36N4O4. The van der Waals surface area contributed by atoms with Crippen LogP contribution in [0.25, 0.3) is 0 Å². The highest BCUT2D eigenvalue weighted by Crippen LogP contribution is 2.29. The first-order chi connectivity index (χ1) is 16.6. The minimum atomic E-state index is -1.01. The zero-order valence-electron chi connectivity index (χ0n) is 20.4. The van der Waals surface area contributed by atoms with E-state index in [-0.39, 0.29) is 24.9 Å². The minimum Gasteiger partial charge on any atom is -0.491 e. The van der Waals surface area contributed by atoms with E-state index in [0.717, 1.165) is 37.3 Å². The molecule has 8 nitrogen and oxygen atoms in total. The highest BCUT2D eigenvalue weighted by molar-refractivity contribution is 5.87. The van der Waals surface area contributed by atoms with Crippen molar-refractivity contribution in [1.29, 1.82) is 0 Å². The van der Waals surface area contributed by atoms with Crippen LogP contribution in [0.5, 0.6) is 5.75 Å². The van der Waals surface area contributed by atoms with Gasteiger partial charge in [-0.3, -0.25) is 9.59 Å². The van der Waals surface area contributed by atoms with E-state index >= 15 is 0 Å². The summed E-state index contributed by atoms with van der Waals surface area (Å²) in [6.45, 7) is 6.85. The van der Waals surface area contributed by atoms with Crippen molar-refractivity contribution >= 4 is 11.8 Å². The number of para-hydroxylation sites is 1. The van der Waals surface area contributed by atoms with Crippen molar-refractivity contribution in [1.82, 2.24) is 19.4 Å². The van der Waals surface area contributed by atoms with Gasteiger partial charge in [0, 0.05) is 31.9 Å². The van der Waals surface area contributed by atoms with E-state index in [4.69, 9.17) is 9.47 Å². The maximum atomic E-state index is 13.8. The number of likely N-dealkylation sites (N-methyl/N-ethyl adjacent to an activating group) is 1. The monoisotopic (exact) mass is 468 g/mol. The van der Waals surface area contributed by atoms with Crippen LogP contribution >= 0.6 is 0 Å². The number of morpholine rings is 1. The topological polar surface area (TPSA) is 76.9 Å². The average molecular weight is 469 g/mol. The van der Waals surface area contributed by atoms with Crippen LogP contribution in [0.3, 0.4) is 0 Å². The van der Waals surface area contributed by atoms with Gasteiger partial charge < -0.3 is 23.8 Å². The number of benzene rings is 1. The third kappa shape index (κ3) is 5.27. The molecule has 2 aromatic rings. The number of rotatable bonds is 4. The number of amides is 2. The summed E-state index contributed by atoms with van der Waals surface area (Å²) in [5, 5.41) is 0. The summed E-state index contributed by atoms with van der Waals surface area (Å²) in [6.07, 6.45) is 7.58. The lowest BCUT2D eigenvalue weighted by molar-refractivity contribution is -0.176. The Labute approximate surface area is 201 Å². The van der Waals surface area contributed by atoms with Crippen LogP contribution in [0.4, 0.5) is 0 Å². The number of aromatic nitrogens is 2. The number of hydrogen-bond acceptors (Lipinski definition) is 5. The van der Waals surface area contributed by atoms with E-state index in [1.165, 1.54) is 5.56 Å². The second-order valence-corrected chi connectivity index (χ2v) is 9.03. The lowest BCUT2D eigenvalue weighted by Gasteiger charge is -2.44. The molecule has 1 aromatic heterocycles. The standard InChI is InChI=1S/C26H36N4O4/c1-3-23-27-13-14-29(23)19-24(31)30-16-18-34-26(20-30)12-8-7-10-21-9-5-6-11-22(21)33-17-15-28(4-2)25(26)32/h5-6,9,11,13-14H,3-4,7-8,10,12,15-20H2,1-2H3. The van der Waals surface area contributed by atoms with Crippen LogP contribution in [0.1, 0.15) is 44.5 Å². The minimum absolute atomic E-state index is 0.00500. The quantitative estimate of drug-likeness (QED) is 0.690. The Kier molecular flexibility index (Phi) is 7.88. The lowest BCUT2D eigenvalue weighted by Crippen LogP contribution is -2.62. The van der Waals surface area contributed by atoms with Crippen molar-refractivity contribution in [3.63, 3.8) is 0 Å². The van der Waals surface area contributed by atoms with Gasteiger partial charge in [0.1, 0.15) is 24.7 Å². The molecule has 2 aliphatic heterocycles. The first kappa shape index (κ1) is 24.3. The SMILES string of the molecule is CCc1nccn1CC(=O)N1CCOC2(CCCCc3ccccc3OCCN(CC)C2=O)C1. The molecule has 1 saturated heterocycles. The summed E-state index contributed by atoms with van der Waals surface area (Å²) in [6, 6.07) is 8.13. The number of ether oxygens (including phenoxy) is 2. The summed E-state index contributed by atoms with van der Waals surface area (Å²) < 4.78 is 14.2. The number of fused-ring (bicyclic) bond motifs is 1. The van der Waals surface area contributed by atoms with Gasteiger partial charge >= 0.3 is 0 Å². The predicted octanol–water partition coefficient (Wildman–Crippen LogP) is 2.70. The van der Waals surface area contributed by atoms with Crippen molar-refractivity contribution in [2.75, 3.05) is 39.4 Å². The summed E-state index contributed by atoms with van der Waals surface area (Å²) >= 11 is 0. The Balaban J connectivity index is 1.52. The van der Waals surface area contributed by atoms with Crippen molar-refractivity contribution in [3.05, 3.63) is 48.0 Å². The Morgan fingerprint density at radius 1 is 1.15 bits per heavy atom. The molecule has 1 unspecified atom stereocenters. The fraction of sp³-hybridized carbons (Fsp3) is 0.577. The largest absolute Gasteiger partial charge is 0.491 e. The Bertz CT molecular complexity index is 991. The van der Waals surface area contributed by atoms with Gasteiger partial charge in [-0.25, -0.2) is 4.98 Å². The molecule has 1 spiro atoms. The zero-order chi connectivity index (χ0) is 24.0. The maximum absolute atomic E-state index is 13.8. The smallest absolute Gasteiger partial charge is 0.256 e. The Hall–Kier alpha value is -2.87. The van der Waals surface area contributed by atoms with Gasteiger partial charge in [-0.1, -0.05) is 25.1 Å². The fourth-order valence-corrected chi connectivity index (χ4v) is 4.96. The number of carbonyl (C=O) groups excluding carboxylic acids is 2. The van der Waals surface area contributed by atoms with Crippen molar-refractivity contribution < 1.29 is 19.1 Å². The molecule has 0 aliphatic carbocycles. The second kappa shape index (κ2) is 11.0. The maximum Gasteiger partial charge on any atom is 0.256 e. The molecule has 0 N–H and O–H groups in total. The highest BCUT2D eigenvalue weighted by atomic mass is 16.5. The van der Waals surface area contributed by atoms with Crippen molar-refractivity contribution in [2.24, 2.45) is 0 Å². The van der Waals surface area contributed by atoms with Gasteiger partial charge in [-0.15, -0.1) is 0 Å². The van der Waals surface area contributed by atoms with Gasteiger partial charge in [0.25, 0.3) is 5.91 Å². The van der Waals surface area contributed by atoms with E-state index in [0.29, 0.717) is 39.3 Å². The summed E-state index contributed by atoms with van der Waals surface area (Å²) in [4.78, 5) is 34.9. The molecule has 1 atom stereocenters. The van der Waals surface area contributed by atoms with Crippen molar-refractivity contribution in [2.45, 2.75) is 58.1 Å². The number of carbonyl (C=O) groups is 2. The Morgan fingerprint density at radius 3 is 2.82 bits per heavy atom. The lowest BCUT2D eigenvalue weighted by atomic mass is 9.91. The fourth-order valence-electron chi connectivity index (χ4n) is 4.96. The molecule has 0 bridgehead atoms. The third-order valence-corrected chi connectivity index (χ3v) is 6.89. The van der Waals surface area contributed by atoms with Crippen molar-refractivity contribution in [3.8, 4) is 5.75 Å². The first-order valence-electron chi connectivity index (χ1n) is 12.5. The van der Waals surface area contributed by atoms with E-state index in [1.807, 2.05) is 47.7 Å². The molecule has 3 heterocycles. The zero-order valence-corrected chi connectivity index (χ0v) is 20.4. The summed E-state index contributed by atoms with van der Waals surface area (Å²) in [7, 11) is 0. The summed E-state index contributed by atoms with van der Waals surface area (Å²) in [5.74, 6) is 1.74. The molecule has 8 heteroatoms. The highest BCUT2D eigenvalue weighted by Gasteiger charge is 2.46. The molecule has 0 saturated carbocycles. The van der Waals surface area contributed by atoms with E-state index in [9.17, 15) is 9.59 Å². The van der Waals surface area contributed by atoms with E-state index < -0.39 is 5.60 Å². The van der Waals surface area contributed by atoms with Crippen LogP contribution in [0, 0.1) is 0 Å². The Morgan fingerprint density at radius 2 is 2.00 bits per heavy atom. The van der Waals surface area contributed by atoms with Crippen LogP contribution in [0.15, 0.2) is 36.7 Å². The molecule has 1 aromatic carbocycles. The number of hydrogen-bond donors (Lipinski definition) is 0. The van der Waals surface area contributed by atoms with E-state index in [1.54, 1.807) is 11.1 Å². The van der Waals surface area contributed by atoms with Gasteiger partial charge in [-0.2, -0.15) is 0 Å². The molecule has 1 fully saturated rings. The van der Waals surface area contributed by atoms with Gasteiger partial charge in [0.05, 0.1) is 19.7 Å². The van der Waals surface area contributed by atoms with Crippen LogP contribution in [-0.2, 0) is 33.7 Å². The second-order valence-electron chi connectivity index (χ2n) is 9.03. The average Bonchev–Trinajstić information content (AvgIpc) is 3.31. The summed E-state index contributed by atoms with van der Waals surface area (Å²) in [5.41, 5.74) is 0.186. The van der Waals surface area contributed by atoms with Crippen LogP contribution in [0.2, 0.25) is 0 Å². The first-order valence-corrected chi connectivity index (χ1v) is 12.5. The molecule has 184 valence electrons. The number of aryl methyl sites for hydroxylation is 2. The predicted molar refractivity (Wildman–Crippen MR) is 129 cm³/mol. The van der Waals surface area contributed by atoms with Gasteiger partial charge in [0.2, 0.25) is 5.91 Å². The molecule has 2 aliphatic rings. The van der Waals surface area contributed by atoms with Crippen LogP contribution < -0.4 is 4.74 Å². The van der Waals surface area contributed by atoms with Gasteiger partial charge in [-0.05, 0) is 44.2 Å². The van der Waals surface area contributed by atoms with E-state index in [2.05, 4.69) is 11.1 Å². The molecule has 4 rings (SSSR count). The number of imidazole rings is 1. The molecule has 2 amide bonds. The molecule has 0 radical (unpaired) electrons. The molecule has 34 heavy (non-hydrogen) atoms. The molecular weight excluding hydrogens is 432 g/mol. The third-order valence-electron chi connectivity index (χ3n) is 6.89. The normalized spacial score (nSPS) is 22.0.